The molecule has 1 heterocycles. The largest absolute Gasteiger partial charge is 0.330 e. The minimum atomic E-state index is 0.647. The van der Waals surface area contributed by atoms with Crippen LogP contribution in [0.3, 0.4) is 0 Å². The molecule has 0 aliphatic rings. The number of hydrogen-bond acceptors (Lipinski definition) is 3. The van der Waals surface area contributed by atoms with E-state index in [1.165, 1.54) is 25.7 Å². The number of hydrogen-bond donors (Lipinski definition) is 1. The molecule has 0 atom stereocenters. The van der Waals surface area contributed by atoms with Crippen molar-refractivity contribution in [2.45, 2.75) is 45.6 Å². The molecule has 0 aliphatic heterocycles. The van der Waals surface area contributed by atoms with E-state index in [9.17, 15) is 0 Å². The van der Waals surface area contributed by atoms with Crippen molar-refractivity contribution < 1.29 is 0 Å². The van der Waals surface area contributed by atoms with Gasteiger partial charge in [-0.05, 0) is 13.0 Å². The molecule has 0 aliphatic carbocycles. The van der Waals surface area contributed by atoms with E-state index in [0.29, 0.717) is 6.54 Å². The Morgan fingerprint density at radius 1 is 1.36 bits per heavy atom. The Labute approximate surface area is 85.5 Å². The quantitative estimate of drug-likeness (QED) is 0.670. The predicted molar refractivity (Wildman–Crippen MR) is 56.9 cm³/mol. The molecule has 4 nitrogen and oxygen atoms in total. The lowest BCUT2D eigenvalue weighted by Gasteiger charge is -1.98. The van der Waals surface area contributed by atoms with Crippen molar-refractivity contribution >= 4 is 0 Å². The molecule has 14 heavy (non-hydrogen) atoms. The summed E-state index contributed by atoms with van der Waals surface area (Å²) in [6.07, 6.45) is 7.88. The second-order valence-electron chi connectivity index (χ2n) is 3.57. The van der Waals surface area contributed by atoms with E-state index in [2.05, 4.69) is 17.2 Å². The number of nitrogens with two attached hydrogens (primary N) is 1. The maximum atomic E-state index is 5.43. The lowest BCUT2D eigenvalue weighted by Crippen LogP contribution is -2.02. The maximum Gasteiger partial charge on any atom is 0.0839 e. The summed E-state index contributed by atoms with van der Waals surface area (Å²) in [5.74, 6) is 0. The molecule has 80 valence electrons. The van der Waals surface area contributed by atoms with Gasteiger partial charge in [-0.3, -0.25) is 4.68 Å². The molecular formula is C10H20N4. The summed E-state index contributed by atoms with van der Waals surface area (Å²) in [5.41, 5.74) is 6.44. The van der Waals surface area contributed by atoms with E-state index < -0.39 is 0 Å². The van der Waals surface area contributed by atoms with Crippen LogP contribution in [0.4, 0.5) is 0 Å². The Kier molecular flexibility index (Phi) is 5.22. The molecule has 4 heteroatoms. The van der Waals surface area contributed by atoms with Crippen LogP contribution in [-0.4, -0.2) is 21.5 Å². The van der Waals surface area contributed by atoms with Crippen LogP contribution < -0.4 is 5.73 Å². The standard InChI is InChI=1S/C10H20N4/c1-2-3-4-5-8-14-9-10(6-7-11)12-13-14/h9H,2-8,11H2,1H3. The number of aryl methyl sites for hydroxylation is 1. The van der Waals surface area contributed by atoms with Gasteiger partial charge in [0.15, 0.2) is 0 Å². The van der Waals surface area contributed by atoms with E-state index >= 15 is 0 Å². The van der Waals surface area contributed by atoms with Crippen molar-refractivity contribution in [3.05, 3.63) is 11.9 Å². The zero-order chi connectivity index (χ0) is 10.2. The summed E-state index contributed by atoms with van der Waals surface area (Å²) in [5, 5.41) is 8.08. The van der Waals surface area contributed by atoms with E-state index in [1.54, 1.807) is 0 Å². The molecular weight excluding hydrogens is 176 g/mol. The summed E-state index contributed by atoms with van der Waals surface area (Å²) in [6, 6.07) is 0. The molecule has 0 amide bonds. The zero-order valence-electron chi connectivity index (χ0n) is 8.95. The molecule has 0 saturated heterocycles. The highest BCUT2D eigenvalue weighted by Gasteiger charge is 1.98. The van der Waals surface area contributed by atoms with Crippen molar-refractivity contribution in [2.75, 3.05) is 6.54 Å². The SMILES string of the molecule is CCCCCCn1cc(CCN)nn1. The van der Waals surface area contributed by atoms with Gasteiger partial charge in [0.25, 0.3) is 0 Å². The molecule has 1 aromatic rings. The summed E-state index contributed by atoms with van der Waals surface area (Å²) >= 11 is 0. The summed E-state index contributed by atoms with van der Waals surface area (Å²) in [6.45, 7) is 3.85. The first-order valence-corrected chi connectivity index (χ1v) is 5.46. The number of nitrogens with zero attached hydrogens (tertiary/aromatic N) is 3. The van der Waals surface area contributed by atoms with E-state index in [0.717, 1.165) is 18.7 Å². The van der Waals surface area contributed by atoms with Gasteiger partial charge in [0.1, 0.15) is 0 Å². The van der Waals surface area contributed by atoms with Gasteiger partial charge in [0, 0.05) is 19.2 Å². The fourth-order valence-corrected chi connectivity index (χ4v) is 1.41. The molecule has 0 radical (unpaired) electrons. The number of rotatable bonds is 7. The summed E-state index contributed by atoms with van der Waals surface area (Å²) in [7, 11) is 0. The summed E-state index contributed by atoms with van der Waals surface area (Å²) < 4.78 is 1.92. The van der Waals surface area contributed by atoms with Gasteiger partial charge in [-0.15, -0.1) is 5.10 Å². The van der Waals surface area contributed by atoms with Gasteiger partial charge in [0.2, 0.25) is 0 Å². The zero-order valence-corrected chi connectivity index (χ0v) is 8.95. The van der Waals surface area contributed by atoms with Gasteiger partial charge in [-0.25, -0.2) is 0 Å². The van der Waals surface area contributed by atoms with Gasteiger partial charge < -0.3 is 5.73 Å². The van der Waals surface area contributed by atoms with Crippen molar-refractivity contribution in [1.29, 1.82) is 0 Å². The van der Waals surface area contributed by atoms with Crippen molar-refractivity contribution in [3.63, 3.8) is 0 Å². The van der Waals surface area contributed by atoms with Crippen molar-refractivity contribution in [3.8, 4) is 0 Å². The van der Waals surface area contributed by atoms with Gasteiger partial charge in [-0.2, -0.15) is 0 Å². The Bertz CT molecular complexity index is 244. The molecule has 1 rings (SSSR count). The first kappa shape index (κ1) is 11.2. The van der Waals surface area contributed by atoms with E-state index in [4.69, 9.17) is 5.73 Å². The fourth-order valence-electron chi connectivity index (χ4n) is 1.41. The molecule has 0 unspecified atom stereocenters. The van der Waals surface area contributed by atoms with Crippen LogP contribution >= 0.6 is 0 Å². The Morgan fingerprint density at radius 2 is 2.21 bits per heavy atom. The molecule has 1 aromatic heterocycles. The third-order valence-corrected chi connectivity index (χ3v) is 2.23. The maximum absolute atomic E-state index is 5.43. The second kappa shape index (κ2) is 6.54. The van der Waals surface area contributed by atoms with Crippen LogP contribution in [0.1, 0.15) is 38.3 Å². The lowest BCUT2D eigenvalue weighted by molar-refractivity contribution is 0.527. The first-order chi connectivity index (χ1) is 6.86. The normalized spacial score (nSPS) is 10.7. The second-order valence-corrected chi connectivity index (χ2v) is 3.57. The Hall–Kier alpha value is -0.900. The third-order valence-electron chi connectivity index (χ3n) is 2.23. The van der Waals surface area contributed by atoms with Gasteiger partial charge in [-0.1, -0.05) is 31.4 Å². The number of aromatic nitrogens is 3. The lowest BCUT2D eigenvalue weighted by atomic mass is 10.2. The first-order valence-electron chi connectivity index (χ1n) is 5.46. The highest BCUT2D eigenvalue weighted by Crippen LogP contribution is 2.01. The summed E-state index contributed by atoms with van der Waals surface area (Å²) in [4.78, 5) is 0. The highest BCUT2D eigenvalue weighted by atomic mass is 15.4. The van der Waals surface area contributed by atoms with Crippen LogP contribution in [0.5, 0.6) is 0 Å². The average Bonchev–Trinajstić information content (AvgIpc) is 2.61. The Balaban J connectivity index is 2.22. The topological polar surface area (TPSA) is 56.7 Å². The third kappa shape index (κ3) is 3.87. The van der Waals surface area contributed by atoms with Crippen molar-refractivity contribution in [2.24, 2.45) is 5.73 Å². The van der Waals surface area contributed by atoms with Crippen LogP contribution in [-0.2, 0) is 13.0 Å². The number of unbranched alkanes of at least 4 members (excludes halogenated alkanes) is 3. The fraction of sp³-hybridized carbons (Fsp3) is 0.800. The molecule has 0 saturated carbocycles. The van der Waals surface area contributed by atoms with Crippen LogP contribution in [0.15, 0.2) is 6.20 Å². The van der Waals surface area contributed by atoms with E-state index in [-0.39, 0.29) is 0 Å². The smallest absolute Gasteiger partial charge is 0.0839 e. The Morgan fingerprint density at radius 3 is 2.93 bits per heavy atom. The van der Waals surface area contributed by atoms with Crippen LogP contribution in [0, 0.1) is 0 Å². The predicted octanol–water partition coefficient (Wildman–Crippen LogP) is 1.36. The van der Waals surface area contributed by atoms with Gasteiger partial charge >= 0.3 is 0 Å². The van der Waals surface area contributed by atoms with Crippen LogP contribution in [0.2, 0.25) is 0 Å². The molecule has 0 spiro atoms. The minimum absolute atomic E-state index is 0.647. The molecule has 0 bridgehead atoms. The molecule has 0 aromatic carbocycles. The van der Waals surface area contributed by atoms with Crippen LogP contribution in [0.25, 0.3) is 0 Å². The minimum Gasteiger partial charge on any atom is -0.330 e. The molecule has 2 N–H and O–H groups in total. The molecule has 0 fully saturated rings. The monoisotopic (exact) mass is 196 g/mol. The average molecular weight is 196 g/mol. The highest BCUT2D eigenvalue weighted by molar-refractivity contribution is 4.92. The van der Waals surface area contributed by atoms with Crippen molar-refractivity contribution in [1.82, 2.24) is 15.0 Å². The van der Waals surface area contributed by atoms with E-state index in [1.807, 2.05) is 10.9 Å². The van der Waals surface area contributed by atoms with Gasteiger partial charge in [0.05, 0.1) is 5.69 Å².